The van der Waals surface area contributed by atoms with Crippen LogP contribution in [-0.2, 0) is 37.4 Å². The molecule has 3 aromatic heterocycles. The first-order valence-electron chi connectivity index (χ1n) is 10.9. The van der Waals surface area contributed by atoms with E-state index >= 15 is 4.39 Å². The highest BCUT2D eigenvalue weighted by atomic mass is 35.5. The van der Waals surface area contributed by atoms with Crippen LogP contribution in [0.15, 0.2) is 24.7 Å². The van der Waals surface area contributed by atoms with Crippen LogP contribution >= 0.6 is 11.6 Å². The smallest absolute Gasteiger partial charge is 0.433 e. The molecule has 0 radical (unpaired) electrons. The van der Waals surface area contributed by atoms with Gasteiger partial charge in [-0.3, -0.25) is 9.55 Å². The lowest BCUT2D eigenvalue weighted by molar-refractivity contribution is -0.202. The summed E-state index contributed by atoms with van der Waals surface area (Å²) in [5, 5.41) is 30.3. The Bertz CT molecular complexity index is 1490. The Kier molecular flexibility index (Phi) is 5.81. The van der Waals surface area contributed by atoms with Gasteiger partial charge in [-0.1, -0.05) is 6.07 Å². The first kappa shape index (κ1) is 26.9. The van der Waals surface area contributed by atoms with E-state index in [1.54, 1.807) is 0 Å². The fourth-order valence-electron chi connectivity index (χ4n) is 4.66. The summed E-state index contributed by atoms with van der Waals surface area (Å²) in [6.07, 6.45) is -9.72. The lowest BCUT2D eigenvalue weighted by Gasteiger charge is -2.34. The van der Waals surface area contributed by atoms with Crippen molar-refractivity contribution in [3.8, 4) is 0 Å². The summed E-state index contributed by atoms with van der Waals surface area (Å²) < 4.78 is 66.4. The zero-order chi connectivity index (χ0) is 28.7. The number of rotatable bonds is 7. The quantitative estimate of drug-likeness (QED) is 0.178. The summed E-state index contributed by atoms with van der Waals surface area (Å²) in [6.45, 7) is 1.22. The number of aliphatic carboxylic acids is 2. The molecule has 2 aliphatic rings. The van der Waals surface area contributed by atoms with Gasteiger partial charge in [-0.15, -0.1) is 0 Å². The van der Waals surface area contributed by atoms with Crippen molar-refractivity contribution in [2.24, 2.45) is 0 Å². The number of ether oxygens (including phenoxy) is 2. The van der Waals surface area contributed by atoms with Crippen molar-refractivity contribution < 1.29 is 51.9 Å². The normalized spacial score (nSPS) is 28.4. The maximum atomic E-state index is 15.9. The first-order valence-corrected chi connectivity index (χ1v) is 11.3. The Morgan fingerprint density at radius 3 is 2.41 bits per heavy atom. The van der Waals surface area contributed by atoms with Crippen molar-refractivity contribution in [3.63, 3.8) is 0 Å². The van der Waals surface area contributed by atoms with Crippen molar-refractivity contribution in [2.45, 2.75) is 54.8 Å². The number of aromatic nitrogens is 5. The number of carboxylic acid groups (broad SMARTS) is 2. The van der Waals surface area contributed by atoms with Gasteiger partial charge in [0, 0.05) is 12.6 Å². The minimum absolute atomic E-state index is 0.0414. The average molecular weight is 577 g/mol. The lowest BCUT2D eigenvalue weighted by atomic mass is 9.94. The number of nitrogen functional groups attached to an aromatic ring is 1. The number of pyridine rings is 1. The largest absolute Gasteiger partial charge is 0.479 e. The van der Waals surface area contributed by atoms with E-state index in [0.717, 1.165) is 17.0 Å². The Labute approximate surface area is 219 Å². The van der Waals surface area contributed by atoms with Crippen LogP contribution < -0.4 is 5.73 Å². The number of hydrogen-bond donors (Lipinski definition) is 4. The molecule has 1 aliphatic carbocycles. The zero-order valence-corrected chi connectivity index (χ0v) is 20.2. The van der Waals surface area contributed by atoms with E-state index in [-0.39, 0.29) is 27.8 Å². The number of halogens is 5. The van der Waals surface area contributed by atoms with Crippen molar-refractivity contribution in [3.05, 3.63) is 41.2 Å². The summed E-state index contributed by atoms with van der Waals surface area (Å²) in [5.41, 5.74) is -3.40. The Morgan fingerprint density at radius 2 is 1.90 bits per heavy atom. The number of carbonyl (C=O) groups is 2. The van der Waals surface area contributed by atoms with Gasteiger partial charge in [0.05, 0.1) is 6.33 Å². The van der Waals surface area contributed by atoms with Crippen LogP contribution in [0.5, 0.6) is 0 Å². The van der Waals surface area contributed by atoms with E-state index in [1.807, 2.05) is 0 Å². The number of nitrogens with two attached hydrogens (primary N) is 1. The molecule has 1 saturated carbocycles. The van der Waals surface area contributed by atoms with Crippen molar-refractivity contribution in [1.29, 1.82) is 0 Å². The fraction of sp³-hybridized carbons (Fsp3) is 0.429. The number of hydrogen-bond acceptors (Lipinski definition) is 10. The summed E-state index contributed by atoms with van der Waals surface area (Å²) >= 11 is 5.84. The topological polar surface area (TPSA) is 196 Å². The number of anilines is 1. The Morgan fingerprint density at radius 1 is 1.23 bits per heavy atom. The molecule has 18 heteroatoms. The molecule has 1 unspecified atom stereocenters. The van der Waals surface area contributed by atoms with Gasteiger partial charge in [0.2, 0.25) is 5.28 Å². The van der Waals surface area contributed by atoms with E-state index in [1.165, 1.54) is 6.92 Å². The third-order valence-electron chi connectivity index (χ3n) is 6.78. The SMILES string of the molecule is C[C@@]1(n2cnc3c(N)nc(Cl)nc32)O[C@@H]2C(OC(Cc3ccc(C(F)(F)F)nc3)(C(=O)O)C(=O)O)[C@]2(O)[C@@H]1F. The highest BCUT2D eigenvalue weighted by Gasteiger charge is 2.83. The molecule has 5 rings (SSSR count). The molecule has 208 valence electrons. The highest BCUT2D eigenvalue weighted by Crippen LogP contribution is 2.60. The molecule has 0 bridgehead atoms. The van der Waals surface area contributed by atoms with Crippen LogP contribution in [0.2, 0.25) is 5.28 Å². The summed E-state index contributed by atoms with van der Waals surface area (Å²) in [4.78, 5) is 39.1. The van der Waals surface area contributed by atoms with E-state index in [4.69, 9.17) is 26.8 Å². The third kappa shape index (κ3) is 3.87. The summed E-state index contributed by atoms with van der Waals surface area (Å²) in [6, 6.07) is 1.37. The monoisotopic (exact) mass is 576 g/mol. The van der Waals surface area contributed by atoms with Gasteiger partial charge in [-0.05, 0) is 30.2 Å². The van der Waals surface area contributed by atoms with Crippen LogP contribution in [0.1, 0.15) is 18.2 Å². The predicted octanol–water partition coefficient (Wildman–Crippen LogP) is 1.17. The molecule has 5 atom stereocenters. The minimum Gasteiger partial charge on any atom is -0.479 e. The number of aliphatic hydroxyl groups is 1. The van der Waals surface area contributed by atoms with Gasteiger partial charge in [0.15, 0.2) is 29.0 Å². The average Bonchev–Trinajstić information content (AvgIpc) is 3.11. The Balaban J connectivity index is 1.43. The van der Waals surface area contributed by atoms with Crippen LogP contribution in [0.3, 0.4) is 0 Å². The molecule has 0 aromatic carbocycles. The van der Waals surface area contributed by atoms with Gasteiger partial charge in [0.25, 0.3) is 5.60 Å². The number of imidazole rings is 1. The van der Waals surface area contributed by atoms with Crippen LogP contribution in [0.4, 0.5) is 23.4 Å². The second-order valence-corrected chi connectivity index (χ2v) is 9.55. The maximum Gasteiger partial charge on any atom is 0.433 e. The molecule has 3 aromatic rings. The molecule has 39 heavy (non-hydrogen) atoms. The number of carboxylic acids is 2. The molecule has 1 aliphatic heterocycles. The number of nitrogens with zero attached hydrogens (tertiary/aromatic N) is 5. The molecule has 4 heterocycles. The molecule has 1 saturated heterocycles. The molecule has 2 fully saturated rings. The molecule has 0 amide bonds. The van der Waals surface area contributed by atoms with Gasteiger partial charge in [0.1, 0.15) is 23.4 Å². The molecule has 13 nitrogen and oxygen atoms in total. The number of fused-ring (bicyclic) bond motifs is 2. The fourth-order valence-corrected chi connectivity index (χ4v) is 4.83. The van der Waals surface area contributed by atoms with Crippen molar-refractivity contribution in [1.82, 2.24) is 24.5 Å². The van der Waals surface area contributed by atoms with Crippen molar-refractivity contribution in [2.75, 3.05) is 5.73 Å². The molecule has 5 N–H and O–H groups in total. The summed E-state index contributed by atoms with van der Waals surface area (Å²) in [5.74, 6) is -4.22. The predicted molar refractivity (Wildman–Crippen MR) is 119 cm³/mol. The zero-order valence-electron chi connectivity index (χ0n) is 19.4. The van der Waals surface area contributed by atoms with Crippen LogP contribution in [0.25, 0.3) is 11.2 Å². The molecule has 0 spiro atoms. The van der Waals surface area contributed by atoms with E-state index < -0.39 is 65.5 Å². The third-order valence-corrected chi connectivity index (χ3v) is 6.95. The van der Waals surface area contributed by atoms with Crippen molar-refractivity contribution >= 4 is 40.5 Å². The first-order chi connectivity index (χ1) is 18.1. The van der Waals surface area contributed by atoms with Crippen LogP contribution in [-0.4, -0.2) is 81.3 Å². The highest BCUT2D eigenvalue weighted by molar-refractivity contribution is 6.28. The summed E-state index contributed by atoms with van der Waals surface area (Å²) in [7, 11) is 0. The van der Waals surface area contributed by atoms with Gasteiger partial charge < -0.3 is 30.5 Å². The van der Waals surface area contributed by atoms with E-state index in [0.29, 0.717) is 12.3 Å². The second-order valence-electron chi connectivity index (χ2n) is 9.21. The van der Waals surface area contributed by atoms with E-state index in [9.17, 15) is 38.1 Å². The minimum atomic E-state index is -4.79. The van der Waals surface area contributed by atoms with Gasteiger partial charge in [-0.2, -0.15) is 23.1 Å². The standard InChI is InChI=1S/C21H17ClF4N6O7/c1-18(32-6-29-9-12(27)30-17(22)31-13(9)32)14(23)20(37)10(38-18)11(20)39-19(15(33)34,16(35)36)4-7-2-3-8(28-5-7)21(24,25)26/h2-3,5-6,10-11,14,37H,4H2,1H3,(H,33,34)(H,35,36)(H2,27,30,31)/t10-,11?,14-,18-,20+/m1/s1. The number of alkyl halides is 4. The molecular weight excluding hydrogens is 560 g/mol. The molecular formula is C21H17ClF4N6O7. The van der Waals surface area contributed by atoms with Crippen LogP contribution in [0, 0.1) is 0 Å². The van der Waals surface area contributed by atoms with Gasteiger partial charge >= 0.3 is 18.1 Å². The maximum absolute atomic E-state index is 15.9. The second kappa shape index (κ2) is 8.41. The van der Waals surface area contributed by atoms with Gasteiger partial charge in [-0.25, -0.2) is 19.0 Å². The van der Waals surface area contributed by atoms with E-state index in [2.05, 4.69) is 19.9 Å². The Hall–Kier alpha value is -3.67. The lowest BCUT2D eigenvalue weighted by Crippen LogP contribution is -2.54.